The summed E-state index contributed by atoms with van der Waals surface area (Å²) in [6.45, 7) is 7.32. The molecule has 0 aromatic carbocycles. The van der Waals surface area contributed by atoms with E-state index in [-0.39, 0.29) is 0 Å². The van der Waals surface area contributed by atoms with Crippen LogP contribution in [0.15, 0.2) is 0 Å². The number of hydrogen-bond acceptors (Lipinski definition) is 0. The average Bonchev–Trinajstić information content (AvgIpc) is 2.25. The van der Waals surface area contributed by atoms with Gasteiger partial charge >= 0.3 is 107 Å². The van der Waals surface area contributed by atoms with Crippen LogP contribution < -0.4 is 0 Å². The molecule has 90 valence electrons. The minimum absolute atomic E-state index is 0.461. The van der Waals surface area contributed by atoms with Gasteiger partial charge in [0.2, 0.25) is 0 Å². The van der Waals surface area contributed by atoms with E-state index in [1.54, 1.807) is 19.3 Å². The SMILES string of the molecule is CCCC[CH]([SnH2][CH](C)C)C1CCCCC1. The molecule has 1 atom stereocenters. The molecule has 1 heteroatoms. The van der Waals surface area contributed by atoms with Gasteiger partial charge < -0.3 is 0 Å². The van der Waals surface area contributed by atoms with Crippen molar-refractivity contribution in [3.8, 4) is 0 Å². The van der Waals surface area contributed by atoms with Gasteiger partial charge in [-0.2, -0.15) is 0 Å². The van der Waals surface area contributed by atoms with Crippen molar-refractivity contribution in [2.45, 2.75) is 80.0 Å². The van der Waals surface area contributed by atoms with Gasteiger partial charge in [-0.1, -0.05) is 0 Å². The van der Waals surface area contributed by atoms with E-state index in [0.717, 1.165) is 3.93 Å². The fraction of sp³-hybridized carbons (Fsp3) is 1.00. The van der Waals surface area contributed by atoms with E-state index in [1.165, 1.54) is 42.0 Å². The zero-order chi connectivity index (χ0) is 11.1. The molecule has 0 aliphatic heterocycles. The van der Waals surface area contributed by atoms with Crippen molar-refractivity contribution < 1.29 is 0 Å². The minimum atomic E-state index is -0.461. The Morgan fingerprint density at radius 1 is 1.13 bits per heavy atom. The van der Waals surface area contributed by atoms with Crippen molar-refractivity contribution in [3.63, 3.8) is 0 Å². The Hall–Kier alpha value is 0.799. The first-order valence-corrected chi connectivity index (χ1v) is 11.9. The topological polar surface area (TPSA) is 0 Å². The summed E-state index contributed by atoms with van der Waals surface area (Å²) in [5.74, 6) is 1.17. The van der Waals surface area contributed by atoms with Gasteiger partial charge in [-0.05, 0) is 0 Å². The molecule has 0 radical (unpaired) electrons. The maximum absolute atomic E-state index is 2.48. The third-order valence-electron chi connectivity index (χ3n) is 4.02. The quantitative estimate of drug-likeness (QED) is 0.631. The second-order valence-electron chi connectivity index (χ2n) is 5.93. The molecule has 0 N–H and O–H groups in total. The molecule has 0 amide bonds. The Morgan fingerprint density at radius 2 is 1.80 bits per heavy atom. The van der Waals surface area contributed by atoms with Gasteiger partial charge in [-0.15, -0.1) is 0 Å². The Bertz CT molecular complexity index is 147. The molecule has 15 heavy (non-hydrogen) atoms. The Labute approximate surface area is 107 Å². The second-order valence-corrected chi connectivity index (χ2v) is 14.9. The second kappa shape index (κ2) is 7.97. The van der Waals surface area contributed by atoms with Crippen LogP contribution in [0.3, 0.4) is 0 Å². The number of hydrogen-bond donors (Lipinski definition) is 0. The van der Waals surface area contributed by atoms with Gasteiger partial charge in [0.1, 0.15) is 0 Å². The molecule has 0 aromatic rings. The maximum atomic E-state index is 2.48. The predicted molar refractivity (Wildman–Crippen MR) is 73.5 cm³/mol. The van der Waals surface area contributed by atoms with Crippen molar-refractivity contribution in [2.24, 2.45) is 5.92 Å². The fourth-order valence-corrected chi connectivity index (χ4v) is 10.6. The van der Waals surface area contributed by atoms with Crippen LogP contribution in [-0.4, -0.2) is 21.1 Å². The molecular formula is C14H30Sn. The fourth-order valence-electron chi connectivity index (χ4n) is 3.22. The van der Waals surface area contributed by atoms with E-state index in [2.05, 4.69) is 20.8 Å². The first kappa shape index (κ1) is 13.9. The van der Waals surface area contributed by atoms with Crippen LogP contribution in [0.1, 0.15) is 72.1 Å². The Morgan fingerprint density at radius 3 is 2.33 bits per heavy atom. The van der Waals surface area contributed by atoms with Crippen LogP contribution >= 0.6 is 0 Å². The summed E-state index contributed by atoms with van der Waals surface area (Å²) in [5, 5.41) is 0. The molecule has 0 saturated heterocycles. The van der Waals surface area contributed by atoms with Crippen LogP contribution in [0.5, 0.6) is 0 Å². The summed E-state index contributed by atoms with van der Waals surface area (Å²) in [6, 6.07) is 0. The van der Waals surface area contributed by atoms with Gasteiger partial charge in [-0.3, -0.25) is 0 Å². The molecule has 0 aromatic heterocycles. The van der Waals surface area contributed by atoms with E-state index in [9.17, 15) is 0 Å². The summed E-state index contributed by atoms with van der Waals surface area (Å²) in [4.78, 5) is 0. The standard InChI is InChI=1S/C11H21.C3H7.Sn.2H/c1-2-3-5-8-11-9-6-4-7-10-11;1-3-2;;;/h8,11H,2-7,9-10H2,1H3;3H,1-2H3;;;. The zero-order valence-electron chi connectivity index (χ0n) is 11.1. The van der Waals surface area contributed by atoms with Crippen molar-refractivity contribution >= 4 is 21.1 Å². The van der Waals surface area contributed by atoms with Crippen LogP contribution in [0.4, 0.5) is 0 Å². The third-order valence-corrected chi connectivity index (χ3v) is 11.5. The summed E-state index contributed by atoms with van der Waals surface area (Å²) in [7, 11) is 0. The molecule has 1 saturated carbocycles. The van der Waals surface area contributed by atoms with E-state index < -0.39 is 21.1 Å². The summed E-state index contributed by atoms with van der Waals surface area (Å²) in [6.07, 6.45) is 12.3. The Balaban J connectivity index is 2.37. The van der Waals surface area contributed by atoms with Gasteiger partial charge in [-0.25, -0.2) is 0 Å². The van der Waals surface area contributed by atoms with Crippen molar-refractivity contribution in [2.75, 3.05) is 0 Å². The van der Waals surface area contributed by atoms with Crippen LogP contribution in [0.25, 0.3) is 0 Å². The Kier molecular flexibility index (Phi) is 7.37. The van der Waals surface area contributed by atoms with Crippen molar-refractivity contribution in [3.05, 3.63) is 0 Å². The molecule has 0 nitrogen and oxygen atoms in total. The third kappa shape index (κ3) is 5.60. The van der Waals surface area contributed by atoms with E-state index >= 15 is 0 Å². The zero-order valence-corrected chi connectivity index (χ0v) is 15.1. The first-order chi connectivity index (χ1) is 7.24. The van der Waals surface area contributed by atoms with Crippen molar-refractivity contribution in [1.82, 2.24) is 0 Å². The van der Waals surface area contributed by atoms with Gasteiger partial charge in [0.25, 0.3) is 0 Å². The molecule has 1 unspecified atom stereocenters. The molecular weight excluding hydrogens is 287 g/mol. The molecule has 1 aliphatic rings. The molecule has 1 fully saturated rings. The molecule has 1 aliphatic carbocycles. The van der Waals surface area contributed by atoms with Crippen LogP contribution in [0, 0.1) is 5.92 Å². The van der Waals surface area contributed by atoms with E-state index in [4.69, 9.17) is 0 Å². The summed E-state index contributed by atoms with van der Waals surface area (Å²) in [5.41, 5.74) is 0. The van der Waals surface area contributed by atoms with E-state index in [0.29, 0.717) is 0 Å². The average molecular weight is 317 g/mol. The predicted octanol–water partition coefficient (Wildman–Crippen LogP) is 4.54. The number of unbranched alkanes of at least 4 members (excludes halogenated alkanes) is 1. The first-order valence-electron chi connectivity index (χ1n) is 7.24. The van der Waals surface area contributed by atoms with Crippen molar-refractivity contribution in [1.29, 1.82) is 0 Å². The number of rotatable bonds is 6. The monoisotopic (exact) mass is 318 g/mol. The van der Waals surface area contributed by atoms with Crippen LogP contribution in [-0.2, 0) is 0 Å². The van der Waals surface area contributed by atoms with Crippen LogP contribution in [0.2, 0.25) is 7.87 Å². The van der Waals surface area contributed by atoms with Gasteiger partial charge in [0.15, 0.2) is 0 Å². The summed E-state index contributed by atoms with van der Waals surface area (Å²) >= 11 is -0.461. The molecule has 1 rings (SSSR count). The van der Waals surface area contributed by atoms with Gasteiger partial charge in [0, 0.05) is 0 Å². The van der Waals surface area contributed by atoms with Gasteiger partial charge in [0.05, 0.1) is 0 Å². The molecule has 0 spiro atoms. The molecule has 0 bridgehead atoms. The summed E-state index contributed by atoms with van der Waals surface area (Å²) < 4.78 is 2.36. The molecule has 0 heterocycles. The van der Waals surface area contributed by atoms with E-state index in [1.807, 2.05) is 0 Å². The normalized spacial score (nSPS) is 21.6.